The standard InChI is InChI=1S/C64H45N5/c1-43(45-20-7-3-8-21-45)38-57(46-22-9-4-10-23-46)65-44(2)68-62-36-34-50(49-28-19-29-52(39-49)69-60-32-17-15-30-53(60)54-31-16-18-33-61(54)69)40-55(62)56-41-51(35-37-63(56)68)64-66-58(47-24-11-5-12-25-47)42-59(67-64)48-26-13-6-14-27-48/h3-42H,1H2,2H3/b57-38-,65-44?. The van der Waals surface area contributed by atoms with Gasteiger partial charge >= 0.3 is 0 Å². The zero-order valence-electron chi connectivity index (χ0n) is 38.0. The summed E-state index contributed by atoms with van der Waals surface area (Å²) in [6.07, 6.45) is 2.09. The second kappa shape index (κ2) is 17.6. The molecule has 0 saturated heterocycles. The third kappa shape index (κ3) is 7.72. The molecule has 326 valence electrons. The molecule has 0 fully saturated rings. The van der Waals surface area contributed by atoms with E-state index in [4.69, 9.17) is 15.0 Å². The highest BCUT2D eigenvalue weighted by molar-refractivity contribution is 6.16. The van der Waals surface area contributed by atoms with Gasteiger partial charge in [0.25, 0.3) is 0 Å². The van der Waals surface area contributed by atoms with E-state index in [1.807, 2.05) is 36.4 Å². The van der Waals surface area contributed by atoms with Gasteiger partial charge in [-0.1, -0.05) is 183 Å². The third-order valence-electron chi connectivity index (χ3n) is 13.0. The lowest BCUT2D eigenvalue weighted by molar-refractivity contribution is 1.18. The summed E-state index contributed by atoms with van der Waals surface area (Å²) < 4.78 is 4.66. The van der Waals surface area contributed by atoms with Crippen molar-refractivity contribution in [3.63, 3.8) is 0 Å². The van der Waals surface area contributed by atoms with Crippen LogP contribution in [-0.2, 0) is 0 Å². The molecule has 0 saturated carbocycles. The van der Waals surface area contributed by atoms with Gasteiger partial charge in [0.2, 0.25) is 0 Å². The van der Waals surface area contributed by atoms with Crippen LogP contribution in [0.3, 0.4) is 0 Å². The fourth-order valence-corrected chi connectivity index (χ4v) is 9.72. The minimum Gasteiger partial charge on any atom is -0.309 e. The fourth-order valence-electron chi connectivity index (χ4n) is 9.72. The van der Waals surface area contributed by atoms with E-state index in [1.54, 1.807) is 0 Å². The molecule has 12 rings (SSSR count). The van der Waals surface area contributed by atoms with E-state index in [2.05, 4.69) is 229 Å². The van der Waals surface area contributed by atoms with Crippen LogP contribution in [-0.4, -0.2) is 24.9 Å². The number of aliphatic imine (C=N–C) groups is 1. The number of nitrogens with zero attached hydrogens (tertiary/aromatic N) is 5. The van der Waals surface area contributed by atoms with Gasteiger partial charge in [-0.3, -0.25) is 4.57 Å². The highest BCUT2D eigenvalue weighted by Gasteiger charge is 2.19. The minimum absolute atomic E-state index is 0.659. The molecule has 5 heteroatoms. The molecule has 3 aromatic heterocycles. The quantitative estimate of drug-likeness (QED) is 0.0824. The van der Waals surface area contributed by atoms with E-state index in [1.165, 1.54) is 21.8 Å². The summed E-state index contributed by atoms with van der Waals surface area (Å²) in [6, 6.07) is 83.0. The first kappa shape index (κ1) is 41.3. The van der Waals surface area contributed by atoms with Crippen molar-refractivity contribution in [1.29, 1.82) is 0 Å². The highest BCUT2D eigenvalue weighted by atomic mass is 15.1. The van der Waals surface area contributed by atoms with Gasteiger partial charge in [-0.25, -0.2) is 15.0 Å². The van der Waals surface area contributed by atoms with E-state index in [0.717, 1.165) is 94.9 Å². The molecule has 0 N–H and O–H groups in total. The molecular weight excluding hydrogens is 839 g/mol. The molecule has 0 aliphatic heterocycles. The van der Waals surface area contributed by atoms with Gasteiger partial charge in [0.15, 0.2) is 5.82 Å². The topological polar surface area (TPSA) is 48.0 Å². The number of rotatable bonds is 9. The Bertz CT molecular complexity index is 3840. The number of allylic oxidation sites excluding steroid dienone is 2. The molecule has 9 aromatic carbocycles. The van der Waals surface area contributed by atoms with Crippen LogP contribution in [0.4, 0.5) is 0 Å². The maximum absolute atomic E-state index is 5.45. The largest absolute Gasteiger partial charge is 0.309 e. The zero-order valence-corrected chi connectivity index (χ0v) is 38.0. The van der Waals surface area contributed by atoms with Crippen molar-refractivity contribution < 1.29 is 0 Å². The number of fused-ring (bicyclic) bond motifs is 6. The predicted molar refractivity (Wildman–Crippen MR) is 290 cm³/mol. The van der Waals surface area contributed by atoms with Gasteiger partial charge in [-0.05, 0) is 95.9 Å². The zero-order chi connectivity index (χ0) is 46.3. The van der Waals surface area contributed by atoms with Crippen LogP contribution in [0.25, 0.3) is 106 Å². The van der Waals surface area contributed by atoms with Crippen molar-refractivity contribution in [3.05, 3.63) is 260 Å². The third-order valence-corrected chi connectivity index (χ3v) is 13.0. The van der Waals surface area contributed by atoms with Crippen molar-refractivity contribution in [2.24, 2.45) is 4.99 Å². The van der Waals surface area contributed by atoms with Crippen molar-refractivity contribution in [1.82, 2.24) is 19.1 Å². The molecule has 3 heterocycles. The first-order chi connectivity index (χ1) is 34.0. The number of aromatic nitrogens is 4. The van der Waals surface area contributed by atoms with E-state index in [0.29, 0.717) is 5.82 Å². The summed E-state index contributed by atoms with van der Waals surface area (Å²) in [5.74, 6) is 1.49. The molecule has 0 unspecified atom stereocenters. The Kier molecular flexibility index (Phi) is 10.5. The summed E-state index contributed by atoms with van der Waals surface area (Å²) in [5, 5.41) is 4.66. The second-order valence-corrected chi connectivity index (χ2v) is 17.4. The van der Waals surface area contributed by atoms with Crippen LogP contribution in [0.15, 0.2) is 254 Å². The van der Waals surface area contributed by atoms with E-state index in [9.17, 15) is 0 Å². The SMILES string of the molecule is C=C(/C=C(\N=C(C)n1c2ccc(-c3cccc(-n4c5ccccc5c5ccccc54)c3)cc2c2cc(-c3nc(-c4ccccc4)cc(-c4ccccc4)n3)ccc21)c1ccccc1)c1ccccc1. The number of para-hydroxylation sites is 2. The predicted octanol–water partition coefficient (Wildman–Crippen LogP) is 16.4. The van der Waals surface area contributed by atoms with Crippen LogP contribution in [0, 0.1) is 0 Å². The van der Waals surface area contributed by atoms with Gasteiger partial charge in [0, 0.05) is 49.5 Å². The number of benzene rings is 9. The summed E-state index contributed by atoms with van der Waals surface area (Å²) in [4.78, 5) is 15.9. The van der Waals surface area contributed by atoms with Crippen molar-refractivity contribution >= 4 is 60.7 Å². The molecule has 5 nitrogen and oxygen atoms in total. The number of hydrogen-bond donors (Lipinski definition) is 0. The van der Waals surface area contributed by atoms with Gasteiger partial charge in [0.05, 0.1) is 39.2 Å². The molecule has 0 amide bonds. The molecule has 0 bridgehead atoms. The first-order valence-corrected chi connectivity index (χ1v) is 23.3. The minimum atomic E-state index is 0.659. The van der Waals surface area contributed by atoms with Gasteiger partial charge < -0.3 is 4.57 Å². The fraction of sp³-hybridized carbons (Fsp3) is 0.0156. The molecule has 0 aliphatic rings. The average molecular weight is 884 g/mol. The lowest BCUT2D eigenvalue weighted by atomic mass is 10.0. The molecule has 0 aliphatic carbocycles. The Labute approximate surface area is 401 Å². The van der Waals surface area contributed by atoms with Gasteiger partial charge in [-0.2, -0.15) is 0 Å². The van der Waals surface area contributed by atoms with Crippen molar-refractivity contribution in [3.8, 4) is 50.7 Å². The smallest absolute Gasteiger partial charge is 0.160 e. The lowest BCUT2D eigenvalue weighted by Gasteiger charge is -2.12. The van der Waals surface area contributed by atoms with Crippen molar-refractivity contribution in [2.45, 2.75) is 6.92 Å². The average Bonchev–Trinajstić information content (AvgIpc) is 3.94. The Morgan fingerprint density at radius 3 is 1.49 bits per heavy atom. The Morgan fingerprint density at radius 1 is 0.420 bits per heavy atom. The van der Waals surface area contributed by atoms with Crippen LogP contribution < -0.4 is 0 Å². The maximum atomic E-state index is 5.45. The van der Waals surface area contributed by atoms with Crippen molar-refractivity contribution in [2.75, 3.05) is 0 Å². The van der Waals surface area contributed by atoms with Crippen LogP contribution in [0.1, 0.15) is 18.1 Å². The van der Waals surface area contributed by atoms with E-state index >= 15 is 0 Å². The summed E-state index contributed by atoms with van der Waals surface area (Å²) in [7, 11) is 0. The summed E-state index contributed by atoms with van der Waals surface area (Å²) in [5.41, 5.74) is 16.3. The van der Waals surface area contributed by atoms with E-state index < -0.39 is 0 Å². The normalized spacial score (nSPS) is 12.1. The van der Waals surface area contributed by atoms with Crippen LogP contribution in [0.2, 0.25) is 0 Å². The van der Waals surface area contributed by atoms with Crippen LogP contribution >= 0.6 is 0 Å². The molecule has 69 heavy (non-hydrogen) atoms. The summed E-state index contributed by atoms with van der Waals surface area (Å²) >= 11 is 0. The Balaban J connectivity index is 1.06. The monoisotopic (exact) mass is 883 g/mol. The lowest BCUT2D eigenvalue weighted by Crippen LogP contribution is -2.07. The molecule has 0 radical (unpaired) electrons. The first-order valence-electron chi connectivity index (χ1n) is 23.3. The van der Waals surface area contributed by atoms with E-state index in [-0.39, 0.29) is 0 Å². The van der Waals surface area contributed by atoms with Gasteiger partial charge in [0.1, 0.15) is 5.84 Å². The van der Waals surface area contributed by atoms with Crippen LogP contribution in [0.5, 0.6) is 0 Å². The highest BCUT2D eigenvalue weighted by Crippen LogP contribution is 2.38. The molecule has 0 atom stereocenters. The molecule has 0 spiro atoms. The second-order valence-electron chi connectivity index (χ2n) is 17.4. The molecular formula is C64H45N5. The van der Waals surface area contributed by atoms with Gasteiger partial charge in [-0.15, -0.1) is 0 Å². The number of hydrogen-bond acceptors (Lipinski definition) is 3. The molecule has 12 aromatic rings. The Hall–Kier alpha value is -9.19. The summed E-state index contributed by atoms with van der Waals surface area (Å²) in [6.45, 7) is 6.57. The maximum Gasteiger partial charge on any atom is 0.160 e. The Morgan fingerprint density at radius 2 is 0.899 bits per heavy atom.